The summed E-state index contributed by atoms with van der Waals surface area (Å²) in [5.74, 6) is -5.85. The fraction of sp³-hybridized carbons (Fsp3) is 0.581. The largest absolute Gasteiger partial charge is 0.455 e. The number of carbonyl (C=O) groups is 5. The van der Waals surface area contributed by atoms with Crippen molar-refractivity contribution in [3.8, 4) is 0 Å². The summed E-state index contributed by atoms with van der Waals surface area (Å²) < 4.78 is 23.2. The Balaban J connectivity index is 1.87. The van der Waals surface area contributed by atoms with Gasteiger partial charge in [0.2, 0.25) is 0 Å². The van der Waals surface area contributed by atoms with E-state index in [0.717, 1.165) is 13.8 Å². The summed E-state index contributed by atoms with van der Waals surface area (Å²) in [6.45, 7) is 5.29. The van der Waals surface area contributed by atoms with Gasteiger partial charge in [-0.2, -0.15) is 0 Å². The van der Waals surface area contributed by atoms with Gasteiger partial charge in [0.1, 0.15) is 17.8 Å². The molecule has 1 aromatic carbocycles. The standard InChI is InChI=1S/C31H36O12/c1-15-19(35)12-31(39)26(42-27(38)18-9-7-6-8-10-18)24-29(13-32,20(36)11-21-30(24,14-40-21)43-17(3)34)25(37)23(41-16(2)33)22(15)28(31,4)5/h6-10,20-21,23-24,26,32,36,39H,11-14H2,1-5H3/t20-,21-,23+,24-,26-,29-,30-,31+/m0/s1. The van der Waals surface area contributed by atoms with Crippen LogP contribution in [0.25, 0.3) is 0 Å². The molecule has 0 spiro atoms. The molecule has 1 saturated heterocycles. The van der Waals surface area contributed by atoms with E-state index in [9.17, 15) is 39.3 Å². The summed E-state index contributed by atoms with van der Waals surface area (Å²) in [6.07, 6.45) is -7.22. The number of Topliss-reactive ketones (excluding diaryl/α,β-unsaturated/α-hetero) is 2. The van der Waals surface area contributed by atoms with Gasteiger partial charge >= 0.3 is 17.9 Å². The molecule has 232 valence electrons. The molecule has 0 aromatic heterocycles. The number of benzene rings is 1. The Hall–Kier alpha value is -3.45. The summed E-state index contributed by atoms with van der Waals surface area (Å²) >= 11 is 0. The number of ketones is 2. The number of aliphatic hydroxyl groups excluding tert-OH is 2. The molecular formula is C31H36O12. The fourth-order valence-electron chi connectivity index (χ4n) is 7.81. The monoisotopic (exact) mass is 600 g/mol. The van der Waals surface area contributed by atoms with E-state index in [4.69, 9.17) is 18.9 Å². The van der Waals surface area contributed by atoms with Gasteiger partial charge in [-0.05, 0) is 30.2 Å². The number of fused-ring (bicyclic) bond motifs is 5. The van der Waals surface area contributed by atoms with Crippen molar-refractivity contribution in [3.05, 3.63) is 47.0 Å². The lowest BCUT2D eigenvalue weighted by atomic mass is 9.44. The number of carbonyl (C=O) groups excluding carboxylic acids is 5. The molecular weight excluding hydrogens is 564 g/mol. The first kappa shape index (κ1) is 31.0. The molecule has 12 nitrogen and oxygen atoms in total. The lowest BCUT2D eigenvalue weighted by Crippen LogP contribution is -2.83. The minimum atomic E-state index is -2.32. The predicted molar refractivity (Wildman–Crippen MR) is 145 cm³/mol. The number of hydrogen-bond acceptors (Lipinski definition) is 12. The first-order valence-corrected chi connectivity index (χ1v) is 14.1. The van der Waals surface area contributed by atoms with Crippen LogP contribution in [0.4, 0.5) is 0 Å². The van der Waals surface area contributed by atoms with Crippen molar-refractivity contribution in [1.29, 1.82) is 0 Å². The highest BCUT2D eigenvalue weighted by molar-refractivity contribution is 6.03. The second-order valence-corrected chi connectivity index (χ2v) is 12.5. The van der Waals surface area contributed by atoms with Crippen LogP contribution in [0.1, 0.15) is 57.8 Å². The summed E-state index contributed by atoms with van der Waals surface area (Å²) in [6, 6.07) is 7.80. The molecule has 43 heavy (non-hydrogen) atoms. The van der Waals surface area contributed by atoms with Gasteiger partial charge in [0.05, 0.1) is 36.2 Å². The Morgan fingerprint density at radius 3 is 2.23 bits per heavy atom. The molecule has 3 N–H and O–H groups in total. The maximum absolute atomic E-state index is 14.8. The summed E-state index contributed by atoms with van der Waals surface area (Å²) in [7, 11) is 0. The maximum atomic E-state index is 14.8. The van der Waals surface area contributed by atoms with Crippen molar-refractivity contribution in [2.75, 3.05) is 13.2 Å². The van der Waals surface area contributed by atoms with Crippen molar-refractivity contribution >= 4 is 29.5 Å². The van der Waals surface area contributed by atoms with Crippen LogP contribution in [0.15, 0.2) is 41.5 Å². The van der Waals surface area contributed by atoms with Crippen LogP contribution in [-0.2, 0) is 38.1 Å². The van der Waals surface area contributed by atoms with E-state index in [-0.39, 0.29) is 29.7 Å². The number of aliphatic hydroxyl groups is 3. The summed E-state index contributed by atoms with van der Waals surface area (Å²) in [5, 5.41) is 35.6. The zero-order valence-electron chi connectivity index (χ0n) is 24.6. The second kappa shape index (κ2) is 10.3. The van der Waals surface area contributed by atoms with Gasteiger partial charge in [-0.15, -0.1) is 0 Å². The SMILES string of the molecule is CC(=O)O[C@H]1C(=O)[C@]2(CO)[C@H]([C@H](OC(=O)c3ccccc3)[C@]3(O)CC(=O)C(C)=C1C3(C)C)[C@]1(OC(C)=O)CO[C@H]1C[C@@H]2O. The van der Waals surface area contributed by atoms with Crippen LogP contribution in [0.3, 0.4) is 0 Å². The molecule has 12 heteroatoms. The average molecular weight is 601 g/mol. The van der Waals surface area contributed by atoms with Gasteiger partial charge in [0.15, 0.2) is 23.3 Å². The first-order valence-electron chi connectivity index (χ1n) is 14.1. The third-order valence-electron chi connectivity index (χ3n) is 10.0. The molecule has 0 radical (unpaired) electrons. The Morgan fingerprint density at radius 1 is 1.05 bits per heavy atom. The van der Waals surface area contributed by atoms with E-state index >= 15 is 0 Å². The van der Waals surface area contributed by atoms with Crippen molar-refractivity contribution in [1.82, 2.24) is 0 Å². The molecule has 4 aliphatic rings. The first-order chi connectivity index (χ1) is 20.1. The minimum absolute atomic E-state index is 0.0424. The third-order valence-corrected chi connectivity index (χ3v) is 10.0. The maximum Gasteiger partial charge on any atom is 0.338 e. The highest BCUT2D eigenvalue weighted by Crippen LogP contribution is 2.63. The predicted octanol–water partition coefficient (Wildman–Crippen LogP) is 0.833. The molecule has 1 heterocycles. The lowest BCUT2D eigenvalue weighted by Gasteiger charge is -2.67. The van der Waals surface area contributed by atoms with Crippen LogP contribution in [0, 0.1) is 16.7 Å². The van der Waals surface area contributed by atoms with Crippen molar-refractivity contribution < 1.29 is 58.2 Å². The van der Waals surface area contributed by atoms with Gasteiger partial charge < -0.3 is 34.3 Å². The number of hydrogen-bond donors (Lipinski definition) is 3. The zero-order valence-corrected chi connectivity index (χ0v) is 24.6. The van der Waals surface area contributed by atoms with Crippen molar-refractivity contribution in [3.63, 3.8) is 0 Å². The fourth-order valence-corrected chi connectivity index (χ4v) is 7.81. The van der Waals surface area contributed by atoms with Gasteiger partial charge in [0, 0.05) is 32.1 Å². The normalized spacial score (nSPS) is 38.0. The second-order valence-electron chi connectivity index (χ2n) is 12.5. The topological polar surface area (TPSA) is 183 Å². The number of allylic oxidation sites excluding steroid dienone is 1. The highest BCUT2D eigenvalue weighted by atomic mass is 16.6. The van der Waals surface area contributed by atoms with E-state index in [1.807, 2.05) is 0 Å². The number of ether oxygens (including phenoxy) is 4. The van der Waals surface area contributed by atoms with Gasteiger partial charge in [-0.25, -0.2) is 4.79 Å². The van der Waals surface area contributed by atoms with E-state index in [1.165, 1.54) is 32.9 Å². The molecule has 8 atom stereocenters. The van der Waals surface area contributed by atoms with E-state index in [2.05, 4.69) is 0 Å². The molecule has 1 aromatic rings. The molecule has 5 rings (SSSR count). The van der Waals surface area contributed by atoms with Crippen molar-refractivity contribution in [2.45, 2.75) is 83.1 Å². The Bertz CT molecular complexity index is 1410. The molecule has 3 aliphatic carbocycles. The quantitative estimate of drug-likeness (QED) is 0.320. The van der Waals surface area contributed by atoms with E-state index in [1.54, 1.807) is 18.2 Å². The number of rotatable bonds is 5. The Labute approximate surface area is 247 Å². The van der Waals surface area contributed by atoms with Crippen LogP contribution in [0.2, 0.25) is 0 Å². The average Bonchev–Trinajstić information content (AvgIpc) is 2.93. The molecule has 0 unspecified atom stereocenters. The minimum Gasteiger partial charge on any atom is -0.455 e. The number of esters is 3. The van der Waals surface area contributed by atoms with Gasteiger partial charge in [0.25, 0.3) is 0 Å². The van der Waals surface area contributed by atoms with E-state index in [0.29, 0.717) is 0 Å². The zero-order chi connectivity index (χ0) is 31.7. The van der Waals surface area contributed by atoms with E-state index < -0.39 is 94.9 Å². The van der Waals surface area contributed by atoms with Crippen LogP contribution in [-0.4, -0.2) is 93.6 Å². The Kier molecular flexibility index (Phi) is 7.44. The molecule has 1 aliphatic heterocycles. The molecule has 0 amide bonds. The van der Waals surface area contributed by atoms with Crippen LogP contribution >= 0.6 is 0 Å². The third kappa shape index (κ3) is 4.21. The lowest BCUT2D eigenvalue weighted by molar-refractivity contribution is -0.349. The summed E-state index contributed by atoms with van der Waals surface area (Å²) in [4.78, 5) is 67.1. The highest BCUT2D eigenvalue weighted by Gasteiger charge is 2.79. The smallest absolute Gasteiger partial charge is 0.338 e. The van der Waals surface area contributed by atoms with Crippen LogP contribution in [0.5, 0.6) is 0 Å². The van der Waals surface area contributed by atoms with Crippen LogP contribution < -0.4 is 0 Å². The van der Waals surface area contributed by atoms with Gasteiger partial charge in [-0.1, -0.05) is 32.0 Å². The molecule has 2 saturated carbocycles. The molecule has 2 bridgehead atoms. The Morgan fingerprint density at radius 2 is 1.70 bits per heavy atom. The molecule has 3 fully saturated rings. The van der Waals surface area contributed by atoms with Crippen molar-refractivity contribution in [2.24, 2.45) is 16.7 Å². The van der Waals surface area contributed by atoms with Gasteiger partial charge in [-0.3, -0.25) is 19.2 Å². The summed E-state index contributed by atoms with van der Waals surface area (Å²) in [5.41, 5.74) is -7.90.